The molecule has 0 spiro atoms. The highest BCUT2D eigenvalue weighted by Crippen LogP contribution is 2.54. The van der Waals surface area contributed by atoms with Crippen LogP contribution in [0.2, 0.25) is 0 Å². The summed E-state index contributed by atoms with van der Waals surface area (Å²) in [5.41, 5.74) is 1.10. The third-order valence-corrected chi connectivity index (χ3v) is 2.82. The van der Waals surface area contributed by atoms with Crippen LogP contribution in [0.4, 0.5) is 0 Å². The summed E-state index contributed by atoms with van der Waals surface area (Å²) in [6, 6.07) is 9.76. The minimum Gasteiger partial charge on any atom is -0.481 e. The molecule has 0 amide bonds. The topological polar surface area (TPSA) is 37.3 Å². The normalized spacial score (nSPS) is 29.6. The largest absolute Gasteiger partial charge is 0.481 e. The second-order valence-corrected chi connectivity index (χ2v) is 3.61. The van der Waals surface area contributed by atoms with Gasteiger partial charge < -0.3 is 5.11 Å². The Morgan fingerprint density at radius 3 is 2.43 bits per heavy atom. The SMILES string of the molecule is C=C[C@@H]1[C@@H](C(=O)O)[C@@H]1c1ccccc1. The number of hydrogen-bond acceptors (Lipinski definition) is 1. The van der Waals surface area contributed by atoms with E-state index in [1.807, 2.05) is 30.3 Å². The molecule has 1 aliphatic rings. The van der Waals surface area contributed by atoms with Crippen LogP contribution < -0.4 is 0 Å². The predicted molar refractivity (Wildman–Crippen MR) is 54.0 cm³/mol. The summed E-state index contributed by atoms with van der Waals surface area (Å²) in [7, 11) is 0. The summed E-state index contributed by atoms with van der Waals surface area (Å²) < 4.78 is 0. The first kappa shape index (κ1) is 9.00. The van der Waals surface area contributed by atoms with Crippen molar-refractivity contribution >= 4 is 5.97 Å². The molecule has 1 saturated carbocycles. The lowest BCUT2D eigenvalue weighted by Crippen LogP contribution is -1.99. The standard InChI is InChI=1S/C12H12O2/c1-2-9-10(11(9)12(13)14)8-6-4-3-5-7-8/h2-7,9-11H,1H2,(H,13,14)/t9-,10+,11+/m0/s1. The van der Waals surface area contributed by atoms with Gasteiger partial charge in [0.05, 0.1) is 5.92 Å². The number of aliphatic carboxylic acids is 1. The van der Waals surface area contributed by atoms with Crippen molar-refractivity contribution in [1.82, 2.24) is 0 Å². The molecule has 72 valence electrons. The van der Waals surface area contributed by atoms with Crippen LogP contribution in [0.15, 0.2) is 43.0 Å². The molecule has 0 aromatic heterocycles. The molecular formula is C12H12O2. The Bertz CT molecular complexity index is 356. The number of carboxylic acids is 1. The molecule has 0 radical (unpaired) electrons. The van der Waals surface area contributed by atoms with Crippen LogP contribution in [-0.2, 0) is 4.79 Å². The van der Waals surface area contributed by atoms with Crippen LogP contribution in [0.1, 0.15) is 11.5 Å². The molecule has 0 aliphatic heterocycles. The van der Waals surface area contributed by atoms with Crippen LogP contribution in [0.25, 0.3) is 0 Å². The first-order valence-corrected chi connectivity index (χ1v) is 4.66. The van der Waals surface area contributed by atoms with E-state index < -0.39 is 5.97 Å². The van der Waals surface area contributed by atoms with E-state index >= 15 is 0 Å². The number of hydrogen-bond donors (Lipinski definition) is 1. The Hall–Kier alpha value is -1.57. The highest BCUT2D eigenvalue weighted by molar-refractivity contribution is 5.77. The maximum Gasteiger partial charge on any atom is 0.307 e. The van der Waals surface area contributed by atoms with Gasteiger partial charge in [-0.1, -0.05) is 36.4 Å². The van der Waals surface area contributed by atoms with Gasteiger partial charge in [0, 0.05) is 5.92 Å². The Morgan fingerprint density at radius 2 is 2.00 bits per heavy atom. The van der Waals surface area contributed by atoms with Gasteiger partial charge in [0.15, 0.2) is 0 Å². The highest BCUT2D eigenvalue weighted by Gasteiger charge is 2.53. The van der Waals surface area contributed by atoms with Crippen LogP contribution in [-0.4, -0.2) is 11.1 Å². The van der Waals surface area contributed by atoms with E-state index in [2.05, 4.69) is 6.58 Å². The fourth-order valence-electron chi connectivity index (χ4n) is 2.05. The van der Waals surface area contributed by atoms with Gasteiger partial charge in [0.1, 0.15) is 0 Å². The molecule has 2 nitrogen and oxygen atoms in total. The molecule has 1 aromatic rings. The molecule has 0 heterocycles. The van der Waals surface area contributed by atoms with Crippen molar-refractivity contribution in [1.29, 1.82) is 0 Å². The minimum atomic E-state index is -0.719. The lowest BCUT2D eigenvalue weighted by Gasteiger charge is -1.96. The Balaban J connectivity index is 2.22. The summed E-state index contributed by atoms with van der Waals surface area (Å²) >= 11 is 0. The predicted octanol–water partition coefficient (Wildman–Crippen LogP) is 2.29. The monoisotopic (exact) mass is 188 g/mol. The zero-order valence-corrected chi connectivity index (χ0v) is 7.76. The van der Waals surface area contributed by atoms with Gasteiger partial charge in [-0.25, -0.2) is 0 Å². The molecule has 14 heavy (non-hydrogen) atoms. The number of carbonyl (C=O) groups is 1. The van der Waals surface area contributed by atoms with Crippen molar-refractivity contribution in [2.45, 2.75) is 5.92 Å². The van der Waals surface area contributed by atoms with Crippen molar-refractivity contribution in [2.75, 3.05) is 0 Å². The molecule has 1 aromatic carbocycles. The van der Waals surface area contributed by atoms with E-state index in [1.54, 1.807) is 6.08 Å². The Labute approximate surface area is 82.9 Å². The third kappa shape index (κ3) is 1.33. The Kier molecular flexibility index (Phi) is 2.12. The minimum absolute atomic E-state index is 0.106. The molecule has 0 bridgehead atoms. The molecule has 2 heteroatoms. The van der Waals surface area contributed by atoms with Gasteiger partial charge in [-0.2, -0.15) is 0 Å². The first-order chi connectivity index (χ1) is 6.75. The van der Waals surface area contributed by atoms with Crippen molar-refractivity contribution < 1.29 is 9.90 Å². The van der Waals surface area contributed by atoms with E-state index in [0.717, 1.165) is 5.56 Å². The van der Waals surface area contributed by atoms with Crippen LogP contribution >= 0.6 is 0 Å². The van der Waals surface area contributed by atoms with Gasteiger partial charge in [-0.15, -0.1) is 6.58 Å². The quantitative estimate of drug-likeness (QED) is 0.739. The third-order valence-electron chi connectivity index (χ3n) is 2.82. The zero-order valence-electron chi connectivity index (χ0n) is 7.76. The first-order valence-electron chi connectivity index (χ1n) is 4.66. The van der Waals surface area contributed by atoms with Crippen molar-refractivity contribution in [3.8, 4) is 0 Å². The van der Waals surface area contributed by atoms with Gasteiger partial charge in [0.2, 0.25) is 0 Å². The van der Waals surface area contributed by atoms with E-state index in [4.69, 9.17) is 5.11 Å². The molecule has 1 fully saturated rings. The van der Waals surface area contributed by atoms with Crippen molar-refractivity contribution in [2.24, 2.45) is 11.8 Å². The molecule has 0 saturated heterocycles. The van der Waals surface area contributed by atoms with E-state index in [1.165, 1.54) is 0 Å². The maximum atomic E-state index is 10.9. The molecular weight excluding hydrogens is 176 g/mol. The van der Waals surface area contributed by atoms with E-state index in [9.17, 15) is 4.79 Å². The number of carboxylic acid groups (broad SMARTS) is 1. The van der Waals surface area contributed by atoms with Gasteiger partial charge in [0.25, 0.3) is 0 Å². The number of rotatable bonds is 3. The lowest BCUT2D eigenvalue weighted by molar-refractivity contribution is -0.138. The summed E-state index contributed by atoms with van der Waals surface area (Å²) in [5.74, 6) is -0.750. The van der Waals surface area contributed by atoms with Gasteiger partial charge >= 0.3 is 5.97 Å². The molecule has 1 N–H and O–H groups in total. The zero-order chi connectivity index (χ0) is 10.1. The second-order valence-electron chi connectivity index (χ2n) is 3.61. The number of allylic oxidation sites excluding steroid dienone is 1. The molecule has 0 unspecified atom stereocenters. The summed E-state index contributed by atoms with van der Waals surface area (Å²) in [4.78, 5) is 10.9. The van der Waals surface area contributed by atoms with Gasteiger partial charge in [-0.3, -0.25) is 4.79 Å². The Morgan fingerprint density at radius 1 is 1.36 bits per heavy atom. The number of benzene rings is 1. The van der Waals surface area contributed by atoms with Crippen molar-refractivity contribution in [3.63, 3.8) is 0 Å². The fourth-order valence-corrected chi connectivity index (χ4v) is 2.05. The summed E-state index contributed by atoms with van der Waals surface area (Å²) in [5, 5.41) is 8.94. The molecule has 2 rings (SSSR count). The highest BCUT2D eigenvalue weighted by atomic mass is 16.4. The van der Waals surface area contributed by atoms with Gasteiger partial charge in [-0.05, 0) is 11.5 Å². The molecule has 3 atom stereocenters. The summed E-state index contributed by atoms with van der Waals surface area (Å²) in [6.45, 7) is 3.67. The van der Waals surface area contributed by atoms with Crippen LogP contribution in [0, 0.1) is 11.8 Å². The summed E-state index contributed by atoms with van der Waals surface area (Å²) in [6.07, 6.45) is 1.75. The second kappa shape index (κ2) is 3.29. The maximum absolute atomic E-state index is 10.9. The molecule has 1 aliphatic carbocycles. The average Bonchev–Trinajstić information content (AvgIpc) is 2.93. The van der Waals surface area contributed by atoms with E-state index in [0.29, 0.717) is 0 Å². The average molecular weight is 188 g/mol. The smallest absolute Gasteiger partial charge is 0.307 e. The van der Waals surface area contributed by atoms with Crippen LogP contribution in [0.3, 0.4) is 0 Å². The van der Waals surface area contributed by atoms with Crippen molar-refractivity contribution in [3.05, 3.63) is 48.6 Å². The van der Waals surface area contributed by atoms with E-state index in [-0.39, 0.29) is 17.8 Å². The fraction of sp³-hybridized carbons (Fsp3) is 0.250. The lowest BCUT2D eigenvalue weighted by atomic mass is 10.1. The van der Waals surface area contributed by atoms with Crippen LogP contribution in [0.5, 0.6) is 0 Å².